The predicted octanol–water partition coefficient (Wildman–Crippen LogP) is 1.91. The number of nitrogens with zero attached hydrogens (tertiary/aromatic N) is 6. The fraction of sp³-hybridized carbons (Fsp3) is 0.267. The molecule has 2 aromatic heterocycles. The first-order valence-electron chi connectivity index (χ1n) is 7.39. The number of rotatable bonds is 6. The summed E-state index contributed by atoms with van der Waals surface area (Å²) in [6.45, 7) is 2.87. The predicted molar refractivity (Wildman–Crippen MR) is 88.6 cm³/mol. The summed E-state index contributed by atoms with van der Waals surface area (Å²) in [6.07, 6.45) is 3.48. The maximum absolute atomic E-state index is 12.2. The van der Waals surface area contributed by atoms with Gasteiger partial charge >= 0.3 is 0 Å². The van der Waals surface area contributed by atoms with Crippen LogP contribution < -0.4 is 5.32 Å². The van der Waals surface area contributed by atoms with E-state index in [1.807, 2.05) is 31.2 Å². The highest BCUT2D eigenvalue weighted by Crippen LogP contribution is 2.17. The molecule has 1 aromatic carbocycles. The Balaban J connectivity index is 1.65. The van der Waals surface area contributed by atoms with Crippen LogP contribution in [0.3, 0.4) is 0 Å². The number of amides is 1. The summed E-state index contributed by atoms with van der Waals surface area (Å²) in [6, 6.07) is 7.53. The largest absolute Gasteiger partial charge is 0.311 e. The van der Waals surface area contributed by atoms with Crippen LogP contribution in [0.1, 0.15) is 17.5 Å². The van der Waals surface area contributed by atoms with Crippen LogP contribution in [0.5, 0.6) is 0 Å². The number of hydrogen-bond donors (Lipinski definition) is 1. The first-order chi connectivity index (χ1) is 11.6. The van der Waals surface area contributed by atoms with Gasteiger partial charge in [-0.15, -0.1) is 5.10 Å². The Morgan fingerprint density at radius 1 is 1.29 bits per heavy atom. The lowest BCUT2D eigenvalue weighted by molar-refractivity contribution is -0.116. The van der Waals surface area contributed by atoms with Crippen LogP contribution in [0.15, 0.2) is 36.8 Å². The Labute approximate surface area is 143 Å². The Morgan fingerprint density at radius 3 is 2.79 bits per heavy atom. The Hall–Kier alpha value is -2.74. The molecule has 9 heteroatoms. The zero-order valence-electron chi connectivity index (χ0n) is 13.1. The van der Waals surface area contributed by atoms with Gasteiger partial charge in [0, 0.05) is 17.0 Å². The van der Waals surface area contributed by atoms with E-state index >= 15 is 0 Å². The molecule has 0 bridgehead atoms. The molecule has 0 aliphatic heterocycles. The van der Waals surface area contributed by atoms with Gasteiger partial charge in [0.05, 0.1) is 19.3 Å². The van der Waals surface area contributed by atoms with Gasteiger partial charge in [-0.1, -0.05) is 23.7 Å². The van der Waals surface area contributed by atoms with Crippen molar-refractivity contribution in [1.82, 2.24) is 30.0 Å². The molecule has 3 rings (SSSR count). The summed E-state index contributed by atoms with van der Waals surface area (Å²) < 4.78 is 3.27. The van der Waals surface area contributed by atoms with E-state index < -0.39 is 0 Å². The first-order valence-corrected chi connectivity index (χ1v) is 7.77. The number of aromatic nitrogens is 6. The minimum atomic E-state index is -0.119. The van der Waals surface area contributed by atoms with E-state index in [4.69, 9.17) is 11.6 Å². The molecule has 0 aliphatic rings. The topological polar surface area (TPSA) is 90.5 Å². The second kappa shape index (κ2) is 7.22. The quantitative estimate of drug-likeness (QED) is 0.737. The summed E-state index contributed by atoms with van der Waals surface area (Å²) in [4.78, 5) is 12.2. The number of aryl methyl sites for hydroxylation is 2. The van der Waals surface area contributed by atoms with Crippen LogP contribution >= 0.6 is 11.6 Å². The van der Waals surface area contributed by atoms with Crippen LogP contribution in [-0.4, -0.2) is 35.9 Å². The highest BCUT2D eigenvalue weighted by atomic mass is 35.5. The van der Waals surface area contributed by atoms with Gasteiger partial charge in [-0.05, 0) is 35.0 Å². The minimum absolute atomic E-state index is 0.119. The molecule has 1 amide bonds. The third-order valence-corrected chi connectivity index (χ3v) is 3.74. The van der Waals surface area contributed by atoms with E-state index in [0.717, 1.165) is 11.1 Å². The van der Waals surface area contributed by atoms with E-state index in [9.17, 15) is 4.79 Å². The van der Waals surface area contributed by atoms with Gasteiger partial charge in [0.25, 0.3) is 0 Å². The molecule has 1 N–H and O–H groups in total. The molecule has 0 aliphatic carbocycles. The van der Waals surface area contributed by atoms with E-state index in [2.05, 4.69) is 25.9 Å². The average molecular weight is 346 g/mol. The minimum Gasteiger partial charge on any atom is -0.311 e. The molecule has 0 atom stereocenters. The maximum Gasteiger partial charge on any atom is 0.227 e. The number of carbonyl (C=O) groups excluding carboxylic acids is 1. The fourth-order valence-electron chi connectivity index (χ4n) is 2.22. The lowest BCUT2D eigenvalue weighted by atomic mass is 10.2. The van der Waals surface area contributed by atoms with Gasteiger partial charge in [-0.2, -0.15) is 5.10 Å². The second-order valence-corrected chi connectivity index (χ2v) is 5.77. The summed E-state index contributed by atoms with van der Waals surface area (Å²) in [5.41, 5.74) is 1.95. The van der Waals surface area contributed by atoms with Crippen molar-refractivity contribution >= 4 is 23.3 Å². The highest BCUT2D eigenvalue weighted by Gasteiger charge is 2.12. The normalized spacial score (nSPS) is 10.8. The lowest BCUT2D eigenvalue weighted by Gasteiger charge is -2.10. The van der Waals surface area contributed by atoms with Gasteiger partial charge in [-0.25, -0.2) is 9.36 Å². The van der Waals surface area contributed by atoms with Gasteiger partial charge in [-0.3, -0.25) is 4.79 Å². The summed E-state index contributed by atoms with van der Waals surface area (Å²) >= 11 is 5.90. The molecule has 3 aromatic rings. The zero-order valence-corrected chi connectivity index (χ0v) is 13.8. The second-order valence-electron chi connectivity index (χ2n) is 5.33. The van der Waals surface area contributed by atoms with Gasteiger partial charge < -0.3 is 5.32 Å². The zero-order chi connectivity index (χ0) is 16.9. The van der Waals surface area contributed by atoms with E-state index in [1.165, 1.54) is 11.0 Å². The summed E-state index contributed by atoms with van der Waals surface area (Å²) in [5.74, 6) is 0.568. The molecule has 8 nitrogen and oxygen atoms in total. The van der Waals surface area contributed by atoms with Crippen LogP contribution in [0, 0.1) is 6.92 Å². The standard InChI is InChI=1S/C15H16ClN7O/c1-11-8-18-23(9-12-2-4-13(16)5-3-12)15(11)19-14(24)6-7-22-10-17-20-21-22/h2-5,8,10H,6-7,9H2,1H3,(H,19,24). The van der Waals surface area contributed by atoms with Crippen molar-refractivity contribution < 1.29 is 4.79 Å². The van der Waals surface area contributed by atoms with Crippen LogP contribution in [0.4, 0.5) is 5.82 Å². The van der Waals surface area contributed by atoms with E-state index in [0.29, 0.717) is 23.9 Å². The molecule has 0 fully saturated rings. The van der Waals surface area contributed by atoms with Crippen molar-refractivity contribution in [1.29, 1.82) is 0 Å². The number of benzene rings is 1. The van der Waals surface area contributed by atoms with E-state index in [-0.39, 0.29) is 12.3 Å². The van der Waals surface area contributed by atoms with Gasteiger partial charge in [0.15, 0.2) is 0 Å². The van der Waals surface area contributed by atoms with Crippen LogP contribution in [0.2, 0.25) is 5.02 Å². The molecular weight excluding hydrogens is 330 g/mol. The molecular formula is C15H16ClN7O. The van der Waals surface area contributed by atoms with Crippen molar-refractivity contribution in [3.05, 3.63) is 52.9 Å². The Bertz CT molecular complexity index is 811. The van der Waals surface area contributed by atoms with Crippen LogP contribution in [0.25, 0.3) is 0 Å². The smallest absolute Gasteiger partial charge is 0.227 e. The molecule has 0 saturated carbocycles. The average Bonchev–Trinajstić information content (AvgIpc) is 3.20. The van der Waals surface area contributed by atoms with Gasteiger partial charge in [0.1, 0.15) is 12.1 Å². The third kappa shape index (κ3) is 3.96. The van der Waals surface area contributed by atoms with Crippen molar-refractivity contribution in [2.45, 2.75) is 26.4 Å². The number of nitrogens with one attached hydrogen (secondary N) is 1. The monoisotopic (exact) mass is 345 g/mol. The molecule has 0 spiro atoms. The Kier molecular flexibility index (Phi) is 4.85. The third-order valence-electron chi connectivity index (χ3n) is 3.49. The van der Waals surface area contributed by atoms with Crippen molar-refractivity contribution in [3.8, 4) is 0 Å². The van der Waals surface area contributed by atoms with E-state index in [1.54, 1.807) is 10.9 Å². The molecule has 2 heterocycles. The first kappa shape index (κ1) is 16.1. The molecule has 24 heavy (non-hydrogen) atoms. The number of hydrogen-bond acceptors (Lipinski definition) is 5. The fourth-order valence-corrected chi connectivity index (χ4v) is 2.34. The van der Waals surface area contributed by atoms with Crippen LogP contribution in [-0.2, 0) is 17.9 Å². The summed E-state index contributed by atoms with van der Waals surface area (Å²) in [7, 11) is 0. The number of carbonyl (C=O) groups is 1. The lowest BCUT2D eigenvalue weighted by Crippen LogP contribution is -2.18. The SMILES string of the molecule is Cc1cnn(Cc2ccc(Cl)cc2)c1NC(=O)CCn1cnnn1. The molecule has 0 radical (unpaired) electrons. The van der Waals surface area contributed by atoms with Crippen molar-refractivity contribution in [2.75, 3.05) is 5.32 Å². The highest BCUT2D eigenvalue weighted by molar-refractivity contribution is 6.30. The molecule has 0 unspecified atom stereocenters. The molecule has 0 saturated heterocycles. The number of halogens is 1. The molecule has 124 valence electrons. The van der Waals surface area contributed by atoms with Gasteiger partial charge in [0.2, 0.25) is 5.91 Å². The summed E-state index contributed by atoms with van der Waals surface area (Å²) in [5, 5.41) is 18.7. The van der Waals surface area contributed by atoms with Crippen molar-refractivity contribution in [2.24, 2.45) is 0 Å². The van der Waals surface area contributed by atoms with Crippen molar-refractivity contribution in [3.63, 3.8) is 0 Å². The number of tetrazole rings is 1. The maximum atomic E-state index is 12.2. The number of anilines is 1. The Morgan fingerprint density at radius 2 is 2.08 bits per heavy atom.